The Morgan fingerprint density at radius 2 is 2.09 bits per heavy atom. The highest BCUT2D eigenvalue weighted by molar-refractivity contribution is 5.97. The van der Waals surface area contributed by atoms with E-state index in [1.54, 1.807) is 4.90 Å². The van der Waals surface area contributed by atoms with Crippen molar-refractivity contribution in [1.82, 2.24) is 5.32 Å². The summed E-state index contributed by atoms with van der Waals surface area (Å²) in [7, 11) is 0. The second-order valence-electron chi connectivity index (χ2n) is 6.03. The van der Waals surface area contributed by atoms with Gasteiger partial charge in [0.05, 0.1) is 6.54 Å². The molecule has 0 saturated heterocycles. The molecular formula is C17H24N2O3. The zero-order valence-electron chi connectivity index (χ0n) is 13.4. The van der Waals surface area contributed by atoms with Gasteiger partial charge in [-0.3, -0.25) is 14.9 Å². The van der Waals surface area contributed by atoms with Gasteiger partial charge in [-0.15, -0.1) is 0 Å². The highest BCUT2D eigenvalue weighted by atomic mass is 16.4. The molecule has 0 saturated carbocycles. The van der Waals surface area contributed by atoms with Crippen molar-refractivity contribution in [2.24, 2.45) is 5.92 Å². The van der Waals surface area contributed by atoms with Gasteiger partial charge in [0, 0.05) is 11.7 Å². The van der Waals surface area contributed by atoms with Crippen molar-refractivity contribution in [3.63, 3.8) is 0 Å². The SMILES string of the molecule is CC[C@H](C)[C@H](NCC(=O)N1c2ccccc2CC1C)C(=O)O. The summed E-state index contributed by atoms with van der Waals surface area (Å²) < 4.78 is 0. The smallest absolute Gasteiger partial charge is 0.320 e. The van der Waals surface area contributed by atoms with Gasteiger partial charge < -0.3 is 10.0 Å². The quantitative estimate of drug-likeness (QED) is 0.844. The van der Waals surface area contributed by atoms with Gasteiger partial charge in [-0.25, -0.2) is 0 Å². The summed E-state index contributed by atoms with van der Waals surface area (Å²) in [5.74, 6) is -1.00. The van der Waals surface area contributed by atoms with Crippen molar-refractivity contribution in [3.05, 3.63) is 29.8 Å². The first-order valence-corrected chi connectivity index (χ1v) is 7.81. The number of anilines is 1. The lowest BCUT2D eigenvalue weighted by molar-refractivity contribution is -0.140. The normalized spacial score (nSPS) is 19.6. The molecule has 0 spiro atoms. The predicted molar refractivity (Wildman–Crippen MR) is 86.0 cm³/mol. The summed E-state index contributed by atoms with van der Waals surface area (Å²) in [6, 6.07) is 7.29. The van der Waals surface area contributed by atoms with E-state index in [1.807, 2.05) is 45.0 Å². The molecule has 0 aliphatic carbocycles. The van der Waals surface area contributed by atoms with E-state index in [0.29, 0.717) is 0 Å². The number of carbonyl (C=O) groups is 2. The standard InChI is InChI=1S/C17H24N2O3/c1-4-11(2)16(17(21)22)18-10-15(20)19-12(3)9-13-7-5-6-8-14(13)19/h5-8,11-12,16,18H,4,9-10H2,1-3H3,(H,21,22)/t11-,12?,16-/m0/s1. The zero-order valence-corrected chi connectivity index (χ0v) is 13.4. The van der Waals surface area contributed by atoms with Crippen molar-refractivity contribution in [3.8, 4) is 0 Å². The molecule has 1 aromatic rings. The van der Waals surface area contributed by atoms with E-state index in [2.05, 4.69) is 5.32 Å². The van der Waals surface area contributed by atoms with E-state index in [0.717, 1.165) is 18.5 Å². The number of para-hydroxylation sites is 1. The Bertz CT molecular complexity index is 559. The molecule has 1 heterocycles. The van der Waals surface area contributed by atoms with Gasteiger partial charge in [0.25, 0.3) is 0 Å². The first-order chi connectivity index (χ1) is 10.5. The summed E-state index contributed by atoms with van der Waals surface area (Å²) in [4.78, 5) is 25.6. The van der Waals surface area contributed by atoms with E-state index in [-0.39, 0.29) is 24.4 Å². The van der Waals surface area contributed by atoms with Gasteiger partial charge in [0.2, 0.25) is 5.91 Å². The molecule has 5 heteroatoms. The third-order valence-electron chi connectivity index (χ3n) is 4.43. The van der Waals surface area contributed by atoms with E-state index >= 15 is 0 Å². The van der Waals surface area contributed by atoms with Gasteiger partial charge >= 0.3 is 5.97 Å². The van der Waals surface area contributed by atoms with Crippen molar-refractivity contribution >= 4 is 17.6 Å². The molecule has 1 aliphatic rings. The number of nitrogens with zero attached hydrogens (tertiary/aromatic N) is 1. The maximum atomic E-state index is 12.5. The van der Waals surface area contributed by atoms with E-state index in [4.69, 9.17) is 0 Å². The number of hydrogen-bond donors (Lipinski definition) is 2. The monoisotopic (exact) mass is 304 g/mol. The molecule has 1 aromatic carbocycles. The minimum absolute atomic E-state index is 0.0198. The van der Waals surface area contributed by atoms with Crippen LogP contribution >= 0.6 is 0 Å². The van der Waals surface area contributed by atoms with Crippen LogP contribution in [0.15, 0.2) is 24.3 Å². The Kier molecular flexibility index (Phi) is 5.19. The molecule has 0 bridgehead atoms. The predicted octanol–water partition coefficient (Wildman–Crippen LogP) is 2.05. The molecule has 22 heavy (non-hydrogen) atoms. The number of fused-ring (bicyclic) bond motifs is 1. The Labute approximate surface area is 131 Å². The second kappa shape index (κ2) is 6.92. The van der Waals surface area contributed by atoms with Crippen molar-refractivity contribution < 1.29 is 14.7 Å². The van der Waals surface area contributed by atoms with Crippen LogP contribution in [0, 0.1) is 5.92 Å². The fourth-order valence-corrected chi connectivity index (χ4v) is 3.00. The van der Waals surface area contributed by atoms with E-state index in [1.165, 1.54) is 5.56 Å². The molecule has 120 valence electrons. The maximum absolute atomic E-state index is 12.5. The average Bonchev–Trinajstić information content (AvgIpc) is 2.82. The minimum Gasteiger partial charge on any atom is -0.480 e. The largest absolute Gasteiger partial charge is 0.480 e. The van der Waals surface area contributed by atoms with Crippen LogP contribution in [0.3, 0.4) is 0 Å². The highest BCUT2D eigenvalue weighted by Crippen LogP contribution is 2.31. The van der Waals surface area contributed by atoms with E-state index in [9.17, 15) is 14.7 Å². The van der Waals surface area contributed by atoms with Gasteiger partial charge in [-0.1, -0.05) is 38.5 Å². The van der Waals surface area contributed by atoms with Crippen LogP contribution in [0.1, 0.15) is 32.8 Å². The van der Waals surface area contributed by atoms with E-state index < -0.39 is 12.0 Å². The molecule has 0 fully saturated rings. The van der Waals surface area contributed by atoms with Crippen molar-refractivity contribution in [2.45, 2.75) is 45.7 Å². The number of hydrogen-bond acceptors (Lipinski definition) is 3. The summed E-state index contributed by atoms with van der Waals surface area (Å²) >= 11 is 0. The molecule has 1 aliphatic heterocycles. The Hall–Kier alpha value is -1.88. The van der Waals surface area contributed by atoms with Crippen LogP contribution in [0.25, 0.3) is 0 Å². The molecule has 2 N–H and O–H groups in total. The Morgan fingerprint density at radius 3 is 2.73 bits per heavy atom. The molecule has 1 amide bonds. The minimum atomic E-state index is -0.906. The topological polar surface area (TPSA) is 69.6 Å². The summed E-state index contributed by atoms with van der Waals surface area (Å²) in [6.45, 7) is 5.88. The number of carboxylic acids is 1. The van der Waals surface area contributed by atoms with Crippen molar-refractivity contribution in [1.29, 1.82) is 0 Å². The number of rotatable bonds is 6. The number of aliphatic carboxylic acids is 1. The molecule has 1 unspecified atom stereocenters. The number of benzene rings is 1. The molecule has 0 radical (unpaired) electrons. The average molecular weight is 304 g/mol. The molecular weight excluding hydrogens is 280 g/mol. The first-order valence-electron chi connectivity index (χ1n) is 7.81. The van der Waals surface area contributed by atoms with Gasteiger partial charge in [0.15, 0.2) is 0 Å². The first kappa shape index (κ1) is 16.5. The number of amides is 1. The number of nitrogens with one attached hydrogen (secondary N) is 1. The second-order valence-corrected chi connectivity index (χ2v) is 6.03. The Balaban J connectivity index is 2.05. The summed E-state index contributed by atoms with van der Waals surface area (Å²) in [6.07, 6.45) is 1.59. The lowest BCUT2D eigenvalue weighted by atomic mass is 9.99. The Morgan fingerprint density at radius 1 is 1.41 bits per heavy atom. The highest BCUT2D eigenvalue weighted by Gasteiger charge is 2.31. The zero-order chi connectivity index (χ0) is 16.3. The lowest BCUT2D eigenvalue weighted by Crippen LogP contribution is -2.48. The number of carbonyl (C=O) groups excluding carboxylic acids is 1. The van der Waals surface area contributed by atoms with Crippen LogP contribution in [0.2, 0.25) is 0 Å². The number of carboxylic acid groups (broad SMARTS) is 1. The van der Waals surface area contributed by atoms with Crippen LogP contribution in [-0.2, 0) is 16.0 Å². The van der Waals surface area contributed by atoms with Gasteiger partial charge in [-0.2, -0.15) is 0 Å². The van der Waals surface area contributed by atoms with Gasteiger partial charge in [-0.05, 0) is 30.9 Å². The summed E-state index contributed by atoms with van der Waals surface area (Å²) in [5, 5.41) is 12.2. The fraction of sp³-hybridized carbons (Fsp3) is 0.529. The molecule has 5 nitrogen and oxygen atoms in total. The van der Waals surface area contributed by atoms with Crippen LogP contribution < -0.4 is 10.2 Å². The molecule has 0 aromatic heterocycles. The maximum Gasteiger partial charge on any atom is 0.320 e. The fourth-order valence-electron chi connectivity index (χ4n) is 3.00. The summed E-state index contributed by atoms with van der Waals surface area (Å²) in [5.41, 5.74) is 2.11. The van der Waals surface area contributed by atoms with Crippen LogP contribution in [-0.4, -0.2) is 35.6 Å². The van der Waals surface area contributed by atoms with Crippen molar-refractivity contribution in [2.75, 3.05) is 11.4 Å². The van der Waals surface area contributed by atoms with Gasteiger partial charge in [0.1, 0.15) is 6.04 Å². The third kappa shape index (κ3) is 3.30. The van der Waals surface area contributed by atoms with Crippen LogP contribution in [0.4, 0.5) is 5.69 Å². The molecule has 2 rings (SSSR count). The third-order valence-corrected chi connectivity index (χ3v) is 4.43. The van der Waals surface area contributed by atoms with Crippen LogP contribution in [0.5, 0.6) is 0 Å². The molecule has 3 atom stereocenters. The lowest BCUT2D eigenvalue weighted by Gasteiger charge is -2.25.